The molecule has 0 aliphatic heterocycles. The lowest BCUT2D eigenvalue weighted by Crippen LogP contribution is -2.13. The number of esters is 1. The molecule has 1 heterocycles. The van der Waals surface area contributed by atoms with Crippen LogP contribution in [0.3, 0.4) is 0 Å². The monoisotopic (exact) mass is 363 g/mol. The average Bonchev–Trinajstić information content (AvgIpc) is 2.59. The van der Waals surface area contributed by atoms with Crippen LogP contribution in [0.1, 0.15) is 32.9 Å². The van der Waals surface area contributed by atoms with E-state index in [9.17, 15) is 4.79 Å². The Morgan fingerprint density at radius 3 is 2.37 bits per heavy atom. The number of nitrogen functional groups attached to an aromatic ring is 1. The molecule has 0 fully saturated rings. The predicted molar refractivity (Wildman–Crippen MR) is 104 cm³/mol. The minimum absolute atomic E-state index is 0.0529. The number of nitrogens with two attached hydrogens (primary N) is 1. The van der Waals surface area contributed by atoms with E-state index in [2.05, 4.69) is 20.3 Å². The molecule has 0 spiro atoms. The quantitative estimate of drug-likeness (QED) is 0.669. The van der Waals surface area contributed by atoms with E-state index in [0.717, 1.165) is 22.4 Å². The Morgan fingerprint density at radius 2 is 1.70 bits per heavy atom. The van der Waals surface area contributed by atoms with Crippen molar-refractivity contribution in [2.24, 2.45) is 0 Å². The molecule has 0 radical (unpaired) electrons. The van der Waals surface area contributed by atoms with Crippen molar-refractivity contribution >= 4 is 23.6 Å². The molecule has 0 atom stereocenters. The molecule has 0 aliphatic carbocycles. The highest BCUT2D eigenvalue weighted by Crippen LogP contribution is 2.18. The van der Waals surface area contributed by atoms with Crippen LogP contribution in [0.5, 0.6) is 0 Å². The Kier molecular flexibility index (Phi) is 5.30. The number of aryl methyl sites for hydroxylation is 3. The molecule has 0 bridgehead atoms. The van der Waals surface area contributed by atoms with Crippen molar-refractivity contribution in [3.05, 3.63) is 70.5 Å². The zero-order valence-corrected chi connectivity index (χ0v) is 15.5. The Labute approximate surface area is 157 Å². The highest BCUT2D eigenvalue weighted by Gasteiger charge is 2.15. The minimum Gasteiger partial charge on any atom is -0.454 e. The summed E-state index contributed by atoms with van der Waals surface area (Å²) in [7, 11) is 0. The van der Waals surface area contributed by atoms with E-state index in [1.165, 1.54) is 0 Å². The normalized spacial score (nSPS) is 10.5. The number of aromatic nitrogens is 3. The largest absolute Gasteiger partial charge is 0.454 e. The predicted octanol–water partition coefficient (Wildman–Crippen LogP) is 3.48. The van der Waals surface area contributed by atoms with Crippen LogP contribution in [0, 0.1) is 20.8 Å². The molecule has 7 heteroatoms. The number of rotatable bonds is 5. The van der Waals surface area contributed by atoms with Crippen molar-refractivity contribution in [1.82, 2.24) is 15.0 Å². The van der Waals surface area contributed by atoms with Crippen molar-refractivity contribution in [1.29, 1.82) is 0 Å². The van der Waals surface area contributed by atoms with Gasteiger partial charge in [-0.1, -0.05) is 35.9 Å². The van der Waals surface area contributed by atoms with Gasteiger partial charge in [0.05, 0.1) is 5.56 Å². The number of nitrogens with zero attached hydrogens (tertiary/aromatic N) is 3. The maximum absolute atomic E-state index is 12.5. The highest BCUT2D eigenvalue weighted by molar-refractivity contribution is 5.92. The molecule has 3 aromatic rings. The number of benzene rings is 2. The second-order valence-corrected chi connectivity index (χ2v) is 6.27. The Morgan fingerprint density at radius 1 is 1.04 bits per heavy atom. The Hall–Kier alpha value is -3.48. The van der Waals surface area contributed by atoms with E-state index >= 15 is 0 Å². The summed E-state index contributed by atoms with van der Waals surface area (Å²) >= 11 is 0. The number of ether oxygens (including phenoxy) is 1. The molecule has 138 valence electrons. The molecule has 0 unspecified atom stereocenters. The number of hydrogen-bond donors (Lipinski definition) is 2. The van der Waals surface area contributed by atoms with E-state index in [4.69, 9.17) is 10.5 Å². The van der Waals surface area contributed by atoms with Crippen LogP contribution in [0.2, 0.25) is 0 Å². The summed E-state index contributed by atoms with van der Waals surface area (Å²) in [5, 5.41) is 3.05. The first kappa shape index (κ1) is 18.3. The van der Waals surface area contributed by atoms with Gasteiger partial charge in [-0.3, -0.25) is 0 Å². The lowest BCUT2D eigenvalue weighted by atomic mass is 10.00. The molecular weight excluding hydrogens is 342 g/mol. The summed E-state index contributed by atoms with van der Waals surface area (Å²) in [4.78, 5) is 24.8. The lowest BCUT2D eigenvalue weighted by molar-refractivity contribution is 0.0460. The maximum atomic E-state index is 12.5. The van der Waals surface area contributed by atoms with Crippen molar-refractivity contribution in [3.63, 3.8) is 0 Å². The summed E-state index contributed by atoms with van der Waals surface area (Å²) in [6.07, 6.45) is 0. The van der Waals surface area contributed by atoms with Crippen molar-refractivity contribution in [2.45, 2.75) is 27.4 Å². The summed E-state index contributed by atoms with van der Waals surface area (Å²) in [5.41, 5.74) is 9.98. The third kappa shape index (κ3) is 4.58. The fourth-order valence-corrected chi connectivity index (χ4v) is 2.91. The molecule has 27 heavy (non-hydrogen) atoms. The van der Waals surface area contributed by atoms with Gasteiger partial charge in [0.2, 0.25) is 11.9 Å². The number of hydrogen-bond acceptors (Lipinski definition) is 7. The smallest absolute Gasteiger partial charge is 0.339 e. The first-order chi connectivity index (χ1) is 12.9. The number of anilines is 3. The second-order valence-electron chi connectivity index (χ2n) is 6.27. The number of carbonyl (C=O) groups excluding carboxylic acids is 1. The summed E-state index contributed by atoms with van der Waals surface area (Å²) in [6, 6.07) is 13.3. The average molecular weight is 363 g/mol. The fourth-order valence-electron chi connectivity index (χ4n) is 2.91. The first-order valence-electron chi connectivity index (χ1n) is 8.50. The van der Waals surface area contributed by atoms with Gasteiger partial charge in [0, 0.05) is 5.69 Å². The third-order valence-electron chi connectivity index (χ3n) is 3.94. The molecule has 2 aromatic carbocycles. The van der Waals surface area contributed by atoms with Crippen LogP contribution in [0.4, 0.5) is 17.6 Å². The highest BCUT2D eigenvalue weighted by atomic mass is 16.5. The van der Waals surface area contributed by atoms with Crippen molar-refractivity contribution < 1.29 is 9.53 Å². The van der Waals surface area contributed by atoms with E-state index < -0.39 is 5.97 Å². The van der Waals surface area contributed by atoms with E-state index in [-0.39, 0.29) is 18.4 Å². The van der Waals surface area contributed by atoms with Gasteiger partial charge in [-0.15, -0.1) is 0 Å². The van der Waals surface area contributed by atoms with Crippen LogP contribution in [0.25, 0.3) is 0 Å². The SMILES string of the molecule is Cc1cc(C)c(C(=O)OCc2nc(N)nc(Nc3ccccc3)n2)c(C)c1. The van der Waals surface area contributed by atoms with Crippen LogP contribution in [0.15, 0.2) is 42.5 Å². The molecule has 0 saturated heterocycles. The van der Waals surface area contributed by atoms with E-state index in [0.29, 0.717) is 11.5 Å². The van der Waals surface area contributed by atoms with Gasteiger partial charge in [-0.2, -0.15) is 15.0 Å². The van der Waals surface area contributed by atoms with E-state index in [1.54, 1.807) is 0 Å². The molecule has 3 rings (SSSR count). The topological polar surface area (TPSA) is 103 Å². The lowest BCUT2D eigenvalue weighted by Gasteiger charge is -2.11. The third-order valence-corrected chi connectivity index (χ3v) is 3.94. The standard InChI is InChI=1S/C20H21N5O2/c1-12-9-13(2)17(14(3)10-12)18(26)27-11-16-23-19(21)25-20(24-16)22-15-7-5-4-6-8-15/h4-10H,11H2,1-3H3,(H3,21,22,23,24,25). The van der Waals surface area contributed by atoms with Crippen molar-refractivity contribution in [2.75, 3.05) is 11.1 Å². The number of para-hydroxylation sites is 1. The molecular formula is C20H21N5O2. The van der Waals surface area contributed by atoms with E-state index in [1.807, 2.05) is 63.2 Å². The van der Waals surface area contributed by atoms with Crippen LogP contribution < -0.4 is 11.1 Å². The second kappa shape index (κ2) is 7.82. The zero-order valence-electron chi connectivity index (χ0n) is 15.5. The van der Waals surface area contributed by atoms with Crippen molar-refractivity contribution in [3.8, 4) is 0 Å². The molecule has 0 saturated carbocycles. The number of carbonyl (C=O) groups is 1. The van der Waals surface area contributed by atoms with Crippen LogP contribution in [-0.4, -0.2) is 20.9 Å². The van der Waals surface area contributed by atoms with Gasteiger partial charge < -0.3 is 15.8 Å². The van der Waals surface area contributed by atoms with Gasteiger partial charge in [-0.05, 0) is 44.0 Å². The molecule has 0 aliphatic rings. The van der Waals surface area contributed by atoms with Gasteiger partial charge in [-0.25, -0.2) is 4.79 Å². The Bertz CT molecular complexity index is 950. The zero-order chi connectivity index (χ0) is 19.4. The summed E-state index contributed by atoms with van der Waals surface area (Å²) < 4.78 is 5.40. The molecule has 7 nitrogen and oxygen atoms in total. The summed E-state index contributed by atoms with van der Waals surface area (Å²) in [5.74, 6) is 0.206. The molecule has 1 aromatic heterocycles. The van der Waals surface area contributed by atoms with Crippen LogP contribution in [-0.2, 0) is 11.3 Å². The van der Waals surface area contributed by atoms with Gasteiger partial charge >= 0.3 is 5.97 Å². The number of nitrogens with one attached hydrogen (secondary N) is 1. The minimum atomic E-state index is -0.415. The van der Waals surface area contributed by atoms with Gasteiger partial charge in [0.25, 0.3) is 0 Å². The van der Waals surface area contributed by atoms with Crippen LogP contribution >= 0.6 is 0 Å². The van der Waals surface area contributed by atoms with Gasteiger partial charge in [0.1, 0.15) is 0 Å². The first-order valence-corrected chi connectivity index (χ1v) is 8.50. The molecule has 3 N–H and O–H groups in total. The Balaban J connectivity index is 1.74. The maximum Gasteiger partial charge on any atom is 0.339 e. The summed E-state index contributed by atoms with van der Waals surface area (Å²) in [6.45, 7) is 5.67. The van der Waals surface area contributed by atoms with Gasteiger partial charge in [0.15, 0.2) is 12.4 Å². The molecule has 0 amide bonds. The fraction of sp³-hybridized carbons (Fsp3) is 0.200.